The molecule has 2 atom stereocenters. The Hall–Kier alpha value is -1.10. The molecule has 1 heterocycles. The van der Waals surface area contributed by atoms with Gasteiger partial charge in [0.2, 0.25) is 11.8 Å². The first-order valence-corrected chi connectivity index (χ1v) is 6.79. The second-order valence-corrected chi connectivity index (χ2v) is 5.12. The fourth-order valence-electron chi connectivity index (χ4n) is 2.28. The number of piperidine rings is 1. The first-order valence-electron chi connectivity index (χ1n) is 6.79. The van der Waals surface area contributed by atoms with Gasteiger partial charge in [0, 0.05) is 25.6 Å². The zero-order chi connectivity index (χ0) is 13.5. The van der Waals surface area contributed by atoms with Crippen LogP contribution < -0.4 is 10.6 Å². The molecule has 0 saturated carbocycles. The first kappa shape index (κ1) is 15.0. The first-order chi connectivity index (χ1) is 8.54. The van der Waals surface area contributed by atoms with E-state index in [1.165, 1.54) is 0 Å². The second-order valence-electron chi connectivity index (χ2n) is 5.12. The van der Waals surface area contributed by atoms with E-state index in [0.717, 1.165) is 25.8 Å². The molecule has 0 aromatic rings. The Morgan fingerprint density at radius 1 is 1.44 bits per heavy atom. The molecule has 0 aromatic heterocycles. The summed E-state index contributed by atoms with van der Waals surface area (Å²) in [5, 5.41) is 6.11. The van der Waals surface area contributed by atoms with Crippen molar-refractivity contribution in [2.24, 2.45) is 5.92 Å². The molecule has 1 saturated heterocycles. The summed E-state index contributed by atoms with van der Waals surface area (Å²) in [4.78, 5) is 25.3. The monoisotopic (exact) mass is 255 g/mol. The van der Waals surface area contributed by atoms with Gasteiger partial charge in [-0.05, 0) is 32.7 Å². The van der Waals surface area contributed by atoms with E-state index >= 15 is 0 Å². The zero-order valence-corrected chi connectivity index (χ0v) is 11.7. The highest BCUT2D eigenvalue weighted by atomic mass is 16.2. The second kappa shape index (κ2) is 7.36. The molecular formula is C13H25N3O2. The van der Waals surface area contributed by atoms with Crippen molar-refractivity contribution in [2.45, 2.75) is 39.2 Å². The van der Waals surface area contributed by atoms with E-state index in [-0.39, 0.29) is 24.3 Å². The highest BCUT2D eigenvalue weighted by Gasteiger charge is 2.27. The summed E-state index contributed by atoms with van der Waals surface area (Å²) in [7, 11) is 1.71. The Morgan fingerprint density at radius 3 is 2.78 bits per heavy atom. The maximum atomic E-state index is 12.2. The van der Waals surface area contributed by atoms with E-state index in [1.807, 2.05) is 6.92 Å². The fraction of sp³-hybridized carbons (Fsp3) is 0.846. The lowest BCUT2D eigenvalue weighted by Gasteiger charge is -2.30. The van der Waals surface area contributed by atoms with Gasteiger partial charge in [-0.15, -0.1) is 0 Å². The van der Waals surface area contributed by atoms with Gasteiger partial charge in [-0.25, -0.2) is 0 Å². The van der Waals surface area contributed by atoms with Crippen LogP contribution in [0.5, 0.6) is 0 Å². The molecule has 5 nitrogen and oxygen atoms in total. The Balaban J connectivity index is 2.38. The van der Waals surface area contributed by atoms with Gasteiger partial charge in [-0.3, -0.25) is 9.59 Å². The van der Waals surface area contributed by atoms with E-state index < -0.39 is 0 Å². The highest BCUT2D eigenvalue weighted by molar-refractivity contribution is 5.85. The van der Waals surface area contributed by atoms with Crippen LogP contribution in [-0.4, -0.2) is 49.4 Å². The van der Waals surface area contributed by atoms with Gasteiger partial charge in [0.25, 0.3) is 0 Å². The van der Waals surface area contributed by atoms with Crippen LogP contribution in [0.1, 0.15) is 33.1 Å². The van der Waals surface area contributed by atoms with Gasteiger partial charge in [-0.2, -0.15) is 0 Å². The van der Waals surface area contributed by atoms with Crippen molar-refractivity contribution in [1.82, 2.24) is 15.5 Å². The molecule has 18 heavy (non-hydrogen) atoms. The maximum absolute atomic E-state index is 12.2. The molecule has 104 valence electrons. The lowest BCUT2D eigenvalue weighted by atomic mass is 9.92. The number of nitrogens with zero attached hydrogens (tertiary/aromatic N) is 1. The summed E-state index contributed by atoms with van der Waals surface area (Å²) in [6.45, 7) is 5.81. The smallest absolute Gasteiger partial charge is 0.239 e. The van der Waals surface area contributed by atoms with E-state index in [9.17, 15) is 9.59 Å². The van der Waals surface area contributed by atoms with Crippen molar-refractivity contribution >= 4 is 11.8 Å². The molecule has 1 fully saturated rings. The van der Waals surface area contributed by atoms with Crippen molar-refractivity contribution in [3.63, 3.8) is 0 Å². The van der Waals surface area contributed by atoms with Gasteiger partial charge in [0.05, 0.1) is 6.54 Å². The van der Waals surface area contributed by atoms with Crippen molar-refractivity contribution in [3.05, 3.63) is 0 Å². The molecule has 1 aliphatic heterocycles. The standard InChI is InChI=1S/C13H25N3O2/c1-4-6-15-12(17)9-16(3)13(18)11-5-7-14-10(2)8-11/h10-11,14H,4-9H2,1-3H3,(H,15,17). The van der Waals surface area contributed by atoms with Gasteiger partial charge in [-0.1, -0.05) is 6.92 Å². The molecule has 5 heteroatoms. The number of hydrogen-bond donors (Lipinski definition) is 2. The highest BCUT2D eigenvalue weighted by Crippen LogP contribution is 2.18. The number of likely N-dealkylation sites (N-methyl/N-ethyl adjacent to an activating group) is 1. The lowest BCUT2D eigenvalue weighted by Crippen LogP contribution is -2.45. The van der Waals surface area contributed by atoms with Gasteiger partial charge in [0.15, 0.2) is 0 Å². The van der Waals surface area contributed by atoms with Crippen LogP contribution in [0.4, 0.5) is 0 Å². The van der Waals surface area contributed by atoms with Crippen molar-refractivity contribution in [2.75, 3.05) is 26.7 Å². The summed E-state index contributed by atoms with van der Waals surface area (Å²) in [5.74, 6) is 0.0786. The molecule has 0 aliphatic carbocycles. The van der Waals surface area contributed by atoms with Crippen LogP contribution >= 0.6 is 0 Å². The minimum atomic E-state index is -0.0744. The minimum Gasteiger partial charge on any atom is -0.355 e. The molecule has 1 aliphatic rings. The summed E-state index contributed by atoms with van der Waals surface area (Å²) in [5.41, 5.74) is 0. The average Bonchev–Trinajstić information content (AvgIpc) is 2.35. The van der Waals surface area contributed by atoms with Crippen LogP contribution in [0.15, 0.2) is 0 Å². The van der Waals surface area contributed by atoms with Crippen molar-refractivity contribution < 1.29 is 9.59 Å². The maximum Gasteiger partial charge on any atom is 0.239 e. The molecule has 0 aromatic carbocycles. The molecule has 2 amide bonds. The topological polar surface area (TPSA) is 61.4 Å². The normalized spacial score (nSPS) is 23.5. The minimum absolute atomic E-state index is 0.0604. The molecule has 1 rings (SSSR count). The molecule has 2 N–H and O–H groups in total. The number of carbonyl (C=O) groups excluding carboxylic acids is 2. The third-order valence-electron chi connectivity index (χ3n) is 3.30. The molecule has 2 unspecified atom stereocenters. The summed E-state index contributed by atoms with van der Waals surface area (Å²) >= 11 is 0. The van der Waals surface area contributed by atoms with Crippen LogP contribution in [0.25, 0.3) is 0 Å². The Bertz CT molecular complexity index is 294. The zero-order valence-electron chi connectivity index (χ0n) is 11.7. The Kier molecular flexibility index (Phi) is 6.12. The predicted molar refractivity (Wildman–Crippen MR) is 71.1 cm³/mol. The third-order valence-corrected chi connectivity index (χ3v) is 3.30. The van der Waals surface area contributed by atoms with Crippen LogP contribution in [0, 0.1) is 5.92 Å². The van der Waals surface area contributed by atoms with Crippen LogP contribution in [0.2, 0.25) is 0 Å². The van der Waals surface area contributed by atoms with E-state index in [4.69, 9.17) is 0 Å². The van der Waals surface area contributed by atoms with E-state index in [1.54, 1.807) is 11.9 Å². The number of amides is 2. The van der Waals surface area contributed by atoms with Crippen molar-refractivity contribution in [3.8, 4) is 0 Å². The fourth-order valence-corrected chi connectivity index (χ4v) is 2.28. The molecule has 0 radical (unpaired) electrons. The third kappa shape index (κ3) is 4.64. The summed E-state index contributed by atoms with van der Waals surface area (Å²) < 4.78 is 0. The number of hydrogen-bond acceptors (Lipinski definition) is 3. The van der Waals surface area contributed by atoms with Crippen molar-refractivity contribution in [1.29, 1.82) is 0 Å². The van der Waals surface area contributed by atoms with Gasteiger partial charge in [0.1, 0.15) is 0 Å². The van der Waals surface area contributed by atoms with Gasteiger partial charge < -0.3 is 15.5 Å². The number of carbonyl (C=O) groups is 2. The van der Waals surface area contributed by atoms with Gasteiger partial charge >= 0.3 is 0 Å². The van der Waals surface area contributed by atoms with E-state index in [0.29, 0.717) is 12.6 Å². The number of nitrogens with one attached hydrogen (secondary N) is 2. The largest absolute Gasteiger partial charge is 0.355 e. The average molecular weight is 255 g/mol. The SMILES string of the molecule is CCCNC(=O)CN(C)C(=O)C1CCNC(C)C1. The quantitative estimate of drug-likeness (QED) is 0.745. The molecule has 0 bridgehead atoms. The molecule has 0 spiro atoms. The predicted octanol–water partition coefficient (Wildman–Crippen LogP) is 0.359. The molecular weight excluding hydrogens is 230 g/mol. The Labute approximate surface area is 109 Å². The summed E-state index contributed by atoms with van der Waals surface area (Å²) in [6, 6.07) is 0.384. The van der Waals surface area contributed by atoms with E-state index in [2.05, 4.69) is 17.6 Å². The number of rotatable bonds is 5. The lowest BCUT2D eigenvalue weighted by molar-refractivity contribution is -0.139. The van der Waals surface area contributed by atoms with Crippen LogP contribution in [0.3, 0.4) is 0 Å². The van der Waals surface area contributed by atoms with Crippen LogP contribution in [-0.2, 0) is 9.59 Å². The Morgan fingerprint density at radius 2 is 2.17 bits per heavy atom. The summed E-state index contributed by atoms with van der Waals surface area (Å²) in [6.07, 6.45) is 2.64.